The number of nitrogens with one attached hydrogen (secondary N) is 1. The fourth-order valence-corrected chi connectivity index (χ4v) is 3.49. The predicted octanol–water partition coefficient (Wildman–Crippen LogP) is 3.62. The molecule has 0 saturated heterocycles. The summed E-state index contributed by atoms with van der Waals surface area (Å²) in [5, 5.41) is 2.99. The Morgan fingerprint density at radius 2 is 1.93 bits per heavy atom. The predicted molar refractivity (Wildman–Crippen MR) is 114 cm³/mol. The molecule has 0 fully saturated rings. The van der Waals surface area contributed by atoms with Crippen molar-refractivity contribution in [1.82, 2.24) is 5.32 Å². The molecule has 2 amide bonds. The van der Waals surface area contributed by atoms with Crippen molar-refractivity contribution in [3.8, 4) is 0 Å². The molecule has 0 bridgehead atoms. The Kier molecular flexibility index (Phi) is 6.02. The molecule has 28 heavy (non-hydrogen) atoms. The average Bonchev–Trinajstić information content (AvgIpc) is 3.09. The summed E-state index contributed by atoms with van der Waals surface area (Å²) in [7, 11) is 3.91. The number of benzene rings is 2. The smallest absolute Gasteiger partial charge is 0.251 e. The van der Waals surface area contributed by atoms with E-state index < -0.39 is 0 Å². The topological polar surface area (TPSA) is 52.7 Å². The first-order valence-electron chi connectivity index (χ1n) is 9.83. The minimum Gasteiger partial charge on any atom is -0.378 e. The zero-order valence-corrected chi connectivity index (χ0v) is 17.2. The molecule has 148 valence electrons. The summed E-state index contributed by atoms with van der Waals surface area (Å²) in [6.07, 6.45) is 1.44. The van der Waals surface area contributed by atoms with Gasteiger partial charge in [-0.05, 0) is 47.7 Å². The molecule has 0 spiro atoms. The van der Waals surface area contributed by atoms with E-state index in [9.17, 15) is 9.59 Å². The summed E-state index contributed by atoms with van der Waals surface area (Å²) in [6, 6.07) is 13.7. The molecule has 2 aromatic rings. The molecule has 0 aromatic heterocycles. The van der Waals surface area contributed by atoms with Gasteiger partial charge in [0.15, 0.2) is 0 Å². The van der Waals surface area contributed by atoms with Crippen molar-refractivity contribution in [1.29, 1.82) is 0 Å². The van der Waals surface area contributed by atoms with Crippen LogP contribution in [0.15, 0.2) is 42.5 Å². The first-order valence-corrected chi connectivity index (χ1v) is 9.83. The van der Waals surface area contributed by atoms with Gasteiger partial charge in [-0.25, -0.2) is 0 Å². The molecule has 5 nitrogen and oxygen atoms in total. The molecule has 0 saturated carbocycles. The normalized spacial score (nSPS) is 12.8. The van der Waals surface area contributed by atoms with Gasteiger partial charge >= 0.3 is 0 Å². The van der Waals surface area contributed by atoms with Gasteiger partial charge in [-0.2, -0.15) is 0 Å². The van der Waals surface area contributed by atoms with Gasteiger partial charge in [0, 0.05) is 50.5 Å². The van der Waals surface area contributed by atoms with E-state index in [2.05, 4.69) is 25.2 Å². The Bertz CT molecular complexity index is 874. The second-order valence-corrected chi connectivity index (χ2v) is 7.98. The summed E-state index contributed by atoms with van der Waals surface area (Å²) in [5.41, 5.74) is 4.89. The van der Waals surface area contributed by atoms with Crippen LogP contribution < -0.4 is 15.1 Å². The number of hydrogen-bond donors (Lipinski definition) is 1. The van der Waals surface area contributed by atoms with Crippen LogP contribution in [0.5, 0.6) is 0 Å². The highest BCUT2D eigenvalue weighted by Gasteiger charge is 2.25. The fraction of sp³-hybridized carbons (Fsp3) is 0.391. The summed E-state index contributed by atoms with van der Waals surface area (Å²) >= 11 is 0. The lowest BCUT2D eigenvalue weighted by Crippen LogP contribution is -2.29. The number of carbonyl (C=O) groups is 2. The van der Waals surface area contributed by atoms with E-state index in [1.165, 1.54) is 5.56 Å². The van der Waals surface area contributed by atoms with E-state index in [1.54, 1.807) is 0 Å². The van der Waals surface area contributed by atoms with Crippen LogP contribution in [0.25, 0.3) is 0 Å². The number of hydrogen-bond acceptors (Lipinski definition) is 3. The Morgan fingerprint density at radius 3 is 2.64 bits per heavy atom. The number of nitrogens with zero attached hydrogens (tertiary/aromatic N) is 2. The van der Waals surface area contributed by atoms with Crippen molar-refractivity contribution in [2.75, 3.05) is 30.4 Å². The molecule has 0 unspecified atom stereocenters. The SMILES string of the molecule is CC(C)CC(=O)N1CCc2cc(CNC(=O)c3cccc(N(C)C)c3)ccc21. The molecule has 1 N–H and O–H groups in total. The van der Waals surface area contributed by atoms with Gasteiger partial charge < -0.3 is 15.1 Å². The van der Waals surface area contributed by atoms with Crippen LogP contribution in [0.2, 0.25) is 0 Å². The molecule has 0 atom stereocenters. The highest BCUT2D eigenvalue weighted by atomic mass is 16.2. The van der Waals surface area contributed by atoms with Gasteiger partial charge in [-0.1, -0.05) is 32.0 Å². The van der Waals surface area contributed by atoms with Gasteiger partial charge in [-0.15, -0.1) is 0 Å². The summed E-state index contributed by atoms with van der Waals surface area (Å²) < 4.78 is 0. The first-order chi connectivity index (χ1) is 13.3. The Hall–Kier alpha value is -2.82. The zero-order chi connectivity index (χ0) is 20.3. The summed E-state index contributed by atoms with van der Waals surface area (Å²) in [5.74, 6) is 0.463. The maximum Gasteiger partial charge on any atom is 0.251 e. The number of anilines is 2. The third-order valence-electron chi connectivity index (χ3n) is 5.00. The Balaban J connectivity index is 1.64. The van der Waals surface area contributed by atoms with Crippen molar-refractivity contribution in [3.63, 3.8) is 0 Å². The second kappa shape index (κ2) is 8.46. The minimum absolute atomic E-state index is 0.0852. The fourth-order valence-electron chi connectivity index (χ4n) is 3.49. The van der Waals surface area contributed by atoms with E-state index in [4.69, 9.17) is 0 Å². The van der Waals surface area contributed by atoms with Crippen LogP contribution in [-0.4, -0.2) is 32.5 Å². The molecule has 3 rings (SSSR count). The molecule has 5 heteroatoms. The first kappa shape index (κ1) is 19.9. The summed E-state index contributed by atoms with van der Waals surface area (Å²) in [4.78, 5) is 28.8. The molecular formula is C23H29N3O2. The van der Waals surface area contributed by atoms with Crippen LogP contribution in [-0.2, 0) is 17.8 Å². The van der Waals surface area contributed by atoms with Crippen molar-refractivity contribution < 1.29 is 9.59 Å². The summed E-state index contributed by atoms with van der Waals surface area (Å²) in [6.45, 7) is 5.34. The molecule has 0 radical (unpaired) electrons. The maximum absolute atomic E-state index is 12.5. The average molecular weight is 380 g/mol. The van der Waals surface area contributed by atoms with Gasteiger partial charge in [0.2, 0.25) is 5.91 Å². The van der Waals surface area contributed by atoms with Gasteiger partial charge in [0.05, 0.1) is 0 Å². The molecular weight excluding hydrogens is 350 g/mol. The van der Waals surface area contributed by atoms with Crippen LogP contribution >= 0.6 is 0 Å². The lowest BCUT2D eigenvalue weighted by molar-refractivity contribution is -0.119. The number of carbonyl (C=O) groups excluding carboxylic acids is 2. The minimum atomic E-state index is -0.0852. The van der Waals surface area contributed by atoms with E-state index in [1.807, 2.05) is 60.3 Å². The number of amides is 2. The monoisotopic (exact) mass is 379 g/mol. The van der Waals surface area contributed by atoms with Crippen molar-refractivity contribution in [3.05, 3.63) is 59.2 Å². The van der Waals surface area contributed by atoms with Crippen LogP contribution in [0.1, 0.15) is 41.8 Å². The molecule has 0 aliphatic carbocycles. The maximum atomic E-state index is 12.5. The highest BCUT2D eigenvalue weighted by Crippen LogP contribution is 2.30. The van der Waals surface area contributed by atoms with Crippen LogP contribution in [0.3, 0.4) is 0 Å². The second-order valence-electron chi connectivity index (χ2n) is 7.98. The van der Waals surface area contributed by atoms with Crippen molar-refractivity contribution in [2.24, 2.45) is 5.92 Å². The van der Waals surface area contributed by atoms with Gasteiger partial charge in [0.1, 0.15) is 0 Å². The highest BCUT2D eigenvalue weighted by molar-refractivity contribution is 5.96. The largest absolute Gasteiger partial charge is 0.378 e. The lowest BCUT2D eigenvalue weighted by atomic mass is 10.1. The molecule has 1 heterocycles. The quantitative estimate of drug-likeness (QED) is 0.834. The van der Waals surface area contributed by atoms with Gasteiger partial charge in [-0.3, -0.25) is 9.59 Å². The molecule has 2 aromatic carbocycles. The van der Waals surface area contributed by atoms with Gasteiger partial charge in [0.25, 0.3) is 5.91 Å². The third-order valence-corrected chi connectivity index (χ3v) is 5.00. The standard InChI is InChI=1S/C23H29N3O2/c1-16(2)12-22(27)26-11-10-18-13-17(8-9-21(18)26)15-24-23(28)19-6-5-7-20(14-19)25(3)4/h5-9,13-14,16H,10-12,15H2,1-4H3,(H,24,28). The number of rotatable bonds is 6. The number of fused-ring (bicyclic) bond motifs is 1. The van der Waals surface area contributed by atoms with Crippen molar-refractivity contribution >= 4 is 23.2 Å². The Labute approximate surface area is 167 Å². The lowest BCUT2D eigenvalue weighted by Gasteiger charge is -2.19. The van der Waals surface area contributed by atoms with E-state index in [-0.39, 0.29) is 11.8 Å². The zero-order valence-electron chi connectivity index (χ0n) is 17.2. The van der Waals surface area contributed by atoms with Crippen LogP contribution in [0.4, 0.5) is 11.4 Å². The van der Waals surface area contributed by atoms with Crippen LogP contribution in [0, 0.1) is 5.92 Å². The Morgan fingerprint density at radius 1 is 1.14 bits per heavy atom. The third kappa shape index (κ3) is 4.53. The van der Waals surface area contributed by atoms with E-state index >= 15 is 0 Å². The molecule has 1 aliphatic rings. The van der Waals surface area contributed by atoms with E-state index in [0.717, 1.165) is 29.9 Å². The molecule has 1 aliphatic heterocycles. The van der Waals surface area contributed by atoms with E-state index in [0.29, 0.717) is 24.4 Å². The van der Waals surface area contributed by atoms with Crippen molar-refractivity contribution in [2.45, 2.75) is 33.2 Å².